The number of methoxy groups -OCH3 is 1. The number of aromatic nitrogens is 2. The van der Waals surface area contributed by atoms with Gasteiger partial charge in [0.15, 0.2) is 10.9 Å². The van der Waals surface area contributed by atoms with Crippen molar-refractivity contribution in [3.63, 3.8) is 0 Å². The number of ether oxygens (including phenoxy) is 1. The van der Waals surface area contributed by atoms with Crippen LogP contribution in [-0.2, 0) is 16.0 Å². The van der Waals surface area contributed by atoms with Crippen LogP contribution in [0.1, 0.15) is 28.9 Å². The zero-order chi connectivity index (χ0) is 27.7. The first-order valence-corrected chi connectivity index (χ1v) is 12.4. The van der Waals surface area contributed by atoms with Crippen molar-refractivity contribution in [2.45, 2.75) is 31.5 Å². The molecule has 3 heterocycles. The molecule has 0 bridgehead atoms. The van der Waals surface area contributed by atoms with Crippen LogP contribution in [0.15, 0.2) is 41.9 Å². The minimum absolute atomic E-state index is 0.174. The summed E-state index contributed by atoms with van der Waals surface area (Å²) >= 11 is 6.96. The van der Waals surface area contributed by atoms with Crippen LogP contribution >= 0.6 is 22.9 Å². The van der Waals surface area contributed by atoms with Crippen molar-refractivity contribution < 1.29 is 36.3 Å². The number of alkyl halides is 3. The molecule has 38 heavy (non-hydrogen) atoms. The van der Waals surface area contributed by atoms with E-state index >= 15 is 0 Å². The number of carbonyl (C=O) groups is 2. The van der Waals surface area contributed by atoms with Crippen LogP contribution < -0.4 is 5.32 Å². The molecule has 1 N–H and O–H groups in total. The quantitative estimate of drug-likeness (QED) is 0.297. The molecule has 1 amide bonds. The number of piperidine rings is 1. The third-order valence-corrected chi connectivity index (χ3v) is 7.30. The Labute approximate surface area is 222 Å². The smallest absolute Gasteiger partial charge is 0.408 e. The van der Waals surface area contributed by atoms with Crippen LogP contribution in [0.25, 0.3) is 0 Å². The maximum absolute atomic E-state index is 14.8. The largest absolute Gasteiger partial charge is 0.469 e. The lowest BCUT2D eigenvalue weighted by atomic mass is 9.71. The number of thiazole rings is 1. The van der Waals surface area contributed by atoms with Gasteiger partial charge in [-0.15, -0.1) is 11.3 Å². The first-order valence-electron chi connectivity index (χ1n) is 11.2. The number of rotatable bonds is 6. The van der Waals surface area contributed by atoms with Crippen LogP contribution in [0.4, 0.5) is 32.9 Å². The zero-order valence-corrected chi connectivity index (χ0v) is 21.3. The van der Waals surface area contributed by atoms with Gasteiger partial charge in [-0.25, -0.2) is 18.7 Å². The number of nitrogens with zero attached hydrogens (tertiary/aromatic N) is 3. The highest BCUT2D eigenvalue weighted by atomic mass is 35.5. The Hall–Kier alpha value is -3.32. The number of hydrogen-bond donors (Lipinski definition) is 1. The molecule has 1 aliphatic heterocycles. The molecule has 1 saturated heterocycles. The summed E-state index contributed by atoms with van der Waals surface area (Å²) in [6.45, 7) is -0.581. The maximum atomic E-state index is 14.8. The van der Waals surface area contributed by atoms with Crippen molar-refractivity contribution in [1.82, 2.24) is 14.9 Å². The highest BCUT2D eigenvalue weighted by molar-refractivity contribution is 7.13. The number of anilines is 2. The predicted molar refractivity (Wildman–Crippen MR) is 129 cm³/mol. The molecular formula is C24H20ClF5N4O3S. The van der Waals surface area contributed by atoms with Gasteiger partial charge in [0, 0.05) is 24.5 Å². The van der Waals surface area contributed by atoms with E-state index in [0.29, 0.717) is 10.0 Å². The van der Waals surface area contributed by atoms with Crippen molar-refractivity contribution in [2.75, 3.05) is 19.0 Å². The van der Waals surface area contributed by atoms with E-state index in [4.69, 9.17) is 16.3 Å². The third-order valence-electron chi connectivity index (χ3n) is 6.32. The summed E-state index contributed by atoms with van der Waals surface area (Å²) in [4.78, 5) is 34.6. The van der Waals surface area contributed by atoms with Gasteiger partial charge in [0.25, 0.3) is 5.91 Å². The second kappa shape index (κ2) is 10.8. The van der Waals surface area contributed by atoms with E-state index in [1.165, 1.54) is 29.7 Å². The minimum atomic E-state index is -5.00. The SMILES string of the molecule is COC(=O)C1(Cc2nc(Nc3nccs3)ccc2F)CCN(C(=O)c2cccc(Cl)c2F)C(C(F)(F)F)C1. The zero-order valence-electron chi connectivity index (χ0n) is 19.7. The molecule has 1 aliphatic rings. The van der Waals surface area contributed by atoms with E-state index in [1.807, 2.05) is 0 Å². The molecule has 7 nitrogen and oxygen atoms in total. The molecule has 4 rings (SSSR count). The Balaban J connectivity index is 1.68. The van der Waals surface area contributed by atoms with Gasteiger partial charge in [0.1, 0.15) is 17.7 Å². The average Bonchev–Trinajstić information content (AvgIpc) is 3.39. The average molecular weight is 575 g/mol. The van der Waals surface area contributed by atoms with Gasteiger partial charge < -0.3 is 15.0 Å². The fourth-order valence-corrected chi connectivity index (χ4v) is 5.17. The maximum Gasteiger partial charge on any atom is 0.408 e. The number of amides is 1. The van der Waals surface area contributed by atoms with Crippen LogP contribution in [-0.4, -0.2) is 52.6 Å². The molecule has 0 aliphatic carbocycles. The molecule has 1 fully saturated rings. The monoisotopic (exact) mass is 574 g/mol. The van der Waals surface area contributed by atoms with Crippen LogP contribution in [0.3, 0.4) is 0 Å². The van der Waals surface area contributed by atoms with Gasteiger partial charge in [-0.2, -0.15) is 13.2 Å². The van der Waals surface area contributed by atoms with Crippen molar-refractivity contribution >= 4 is 45.8 Å². The van der Waals surface area contributed by atoms with Crippen molar-refractivity contribution in [2.24, 2.45) is 5.41 Å². The first kappa shape index (κ1) is 27.7. The number of likely N-dealkylation sites (tertiary alicyclic amines) is 1. The van der Waals surface area contributed by atoms with Gasteiger partial charge in [-0.1, -0.05) is 17.7 Å². The number of carbonyl (C=O) groups excluding carboxylic acids is 2. The highest BCUT2D eigenvalue weighted by Crippen LogP contribution is 2.45. The Kier molecular flexibility index (Phi) is 7.88. The van der Waals surface area contributed by atoms with E-state index in [2.05, 4.69) is 15.3 Å². The Morgan fingerprint density at radius 3 is 2.68 bits per heavy atom. The molecule has 14 heteroatoms. The molecule has 0 radical (unpaired) electrons. The lowest BCUT2D eigenvalue weighted by Gasteiger charge is -2.45. The molecule has 2 aromatic heterocycles. The predicted octanol–water partition coefficient (Wildman–Crippen LogP) is 5.78. The Morgan fingerprint density at radius 2 is 2.03 bits per heavy atom. The van der Waals surface area contributed by atoms with E-state index < -0.39 is 71.1 Å². The van der Waals surface area contributed by atoms with Crippen LogP contribution in [0.2, 0.25) is 5.02 Å². The van der Waals surface area contributed by atoms with Crippen molar-refractivity contribution in [3.8, 4) is 0 Å². The molecule has 0 saturated carbocycles. The van der Waals surface area contributed by atoms with Crippen LogP contribution in [0.5, 0.6) is 0 Å². The van der Waals surface area contributed by atoms with Crippen LogP contribution in [0, 0.1) is 17.0 Å². The van der Waals surface area contributed by atoms with E-state index in [0.717, 1.165) is 25.3 Å². The first-order chi connectivity index (χ1) is 17.9. The van der Waals surface area contributed by atoms with Crippen molar-refractivity contribution in [1.29, 1.82) is 0 Å². The number of halogens is 6. The lowest BCUT2D eigenvalue weighted by molar-refractivity contribution is -0.199. The second-order valence-electron chi connectivity index (χ2n) is 8.65. The third kappa shape index (κ3) is 5.58. The summed E-state index contributed by atoms with van der Waals surface area (Å²) in [7, 11) is 1.01. The number of hydrogen-bond acceptors (Lipinski definition) is 7. The summed E-state index contributed by atoms with van der Waals surface area (Å²) in [6, 6.07) is 3.34. The van der Waals surface area contributed by atoms with Gasteiger partial charge in [0.05, 0.1) is 28.8 Å². The summed E-state index contributed by atoms with van der Waals surface area (Å²) in [5, 5.41) is 4.59. The number of pyridine rings is 1. The molecule has 1 aromatic carbocycles. The van der Waals surface area contributed by atoms with Gasteiger partial charge in [-0.3, -0.25) is 9.59 Å². The summed E-state index contributed by atoms with van der Waals surface area (Å²) in [5.41, 5.74) is -2.77. The van der Waals surface area contributed by atoms with E-state index in [1.54, 1.807) is 5.38 Å². The normalized spacial score (nSPS) is 19.8. The highest BCUT2D eigenvalue weighted by Gasteiger charge is 2.56. The van der Waals surface area contributed by atoms with E-state index in [-0.39, 0.29) is 17.9 Å². The molecule has 2 unspecified atom stereocenters. The number of nitrogens with one attached hydrogen (secondary N) is 1. The summed E-state index contributed by atoms with van der Waals surface area (Å²) in [5.74, 6) is -4.05. The second-order valence-corrected chi connectivity index (χ2v) is 9.95. The molecule has 0 spiro atoms. The fourth-order valence-electron chi connectivity index (χ4n) is 4.46. The number of benzene rings is 1. The molecule has 202 valence electrons. The van der Waals surface area contributed by atoms with E-state index in [9.17, 15) is 31.5 Å². The topological polar surface area (TPSA) is 84.4 Å². The Morgan fingerprint density at radius 1 is 1.26 bits per heavy atom. The molecular weight excluding hydrogens is 555 g/mol. The standard InChI is InChI=1S/C24H20ClF5N4O3S/c1-37-21(36)23(11-16-15(26)5-6-18(32-16)33-22-31-8-10-38-22)7-9-34(17(12-23)24(28,29)30)20(35)13-3-2-4-14(25)19(13)27/h2-6,8,10,17H,7,9,11-12H2,1H3,(H,31,32,33). The molecule has 3 aromatic rings. The van der Waals surface area contributed by atoms with Gasteiger partial charge >= 0.3 is 12.1 Å². The van der Waals surface area contributed by atoms with Gasteiger partial charge in [-0.05, 0) is 37.1 Å². The van der Waals surface area contributed by atoms with Gasteiger partial charge in [0.2, 0.25) is 0 Å². The van der Waals surface area contributed by atoms with Crippen molar-refractivity contribution in [3.05, 3.63) is 69.8 Å². The summed E-state index contributed by atoms with van der Waals surface area (Å²) < 4.78 is 76.9. The minimum Gasteiger partial charge on any atom is -0.469 e. The fraction of sp³-hybridized carbons (Fsp3) is 0.333. The molecule has 2 atom stereocenters. The lowest BCUT2D eigenvalue weighted by Crippen LogP contribution is -2.58. The Bertz CT molecular complexity index is 1340. The number of esters is 1. The summed E-state index contributed by atoms with van der Waals surface area (Å²) in [6.07, 6.45) is -5.25.